The Labute approximate surface area is 122 Å². The molecular formula is C15H17N3O3. The average Bonchev–Trinajstić information content (AvgIpc) is 2.94. The summed E-state index contributed by atoms with van der Waals surface area (Å²) in [5.41, 5.74) is 1.21. The SMILES string of the molecule is CCc1cnc(CNC(=O)Nc2ccc(C(C)=O)cc2)o1. The highest BCUT2D eigenvalue weighted by Crippen LogP contribution is 2.10. The van der Waals surface area contributed by atoms with Crippen molar-refractivity contribution in [2.24, 2.45) is 0 Å². The van der Waals surface area contributed by atoms with Crippen molar-refractivity contribution >= 4 is 17.5 Å². The first-order chi connectivity index (χ1) is 10.1. The van der Waals surface area contributed by atoms with Gasteiger partial charge in [0.05, 0.1) is 12.7 Å². The Morgan fingerprint density at radius 1 is 1.24 bits per heavy atom. The van der Waals surface area contributed by atoms with Crippen molar-refractivity contribution in [3.63, 3.8) is 0 Å². The summed E-state index contributed by atoms with van der Waals surface area (Å²) < 4.78 is 5.38. The average molecular weight is 287 g/mol. The molecule has 0 fully saturated rings. The van der Waals surface area contributed by atoms with Crippen LogP contribution in [-0.4, -0.2) is 16.8 Å². The fraction of sp³-hybridized carbons (Fsp3) is 0.267. The molecule has 2 rings (SSSR count). The van der Waals surface area contributed by atoms with E-state index in [-0.39, 0.29) is 18.4 Å². The molecule has 1 heterocycles. The molecule has 1 aromatic carbocycles. The van der Waals surface area contributed by atoms with Crippen LogP contribution in [0.5, 0.6) is 0 Å². The number of anilines is 1. The Kier molecular flexibility index (Phi) is 4.71. The molecule has 0 unspecified atom stereocenters. The van der Waals surface area contributed by atoms with E-state index in [1.54, 1.807) is 30.5 Å². The Morgan fingerprint density at radius 3 is 2.52 bits per heavy atom. The van der Waals surface area contributed by atoms with Gasteiger partial charge in [0, 0.05) is 17.7 Å². The maximum atomic E-state index is 11.7. The normalized spacial score (nSPS) is 10.2. The highest BCUT2D eigenvalue weighted by atomic mass is 16.4. The summed E-state index contributed by atoms with van der Waals surface area (Å²) in [7, 11) is 0. The van der Waals surface area contributed by atoms with Gasteiger partial charge in [0.15, 0.2) is 5.78 Å². The highest BCUT2D eigenvalue weighted by molar-refractivity contribution is 5.95. The third-order valence-corrected chi connectivity index (χ3v) is 2.90. The van der Waals surface area contributed by atoms with Crippen molar-refractivity contribution < 1.29 is 14.0 Å². The molecule has 6 heteroatoms. The quantitative estimate of drug-likeness (QED) is 0.828. The van der Waals surface area contributed by atoms with Gasteiger partial charge in [-0.2, -0.15) is 0 Å². The lowest BCUT2D eigenvalue weighted by molar-refractivity contribution is 0.101. The molecule has 2 aromatic rings. The van der Waals surface area contributed by atoms with Crippen LogP contribution in [0, 0.1) is 0 Å². The number of aromatic nitrogens is 1. The summed E-state index contributed by atoms with van der Waals surface area (Å²) in [6, 6.07) is 6.33. The lowest BCUT2D eigenvalue weighted by atomic mass is 10.1. The van der Waals surface area contributed by atoms with Gasteiger partial charge in [0.1, 0.15) is 5.76 Å². The van der Waals surface area contributed by atoms with Crippen LogP contribution >= 0.6 is 0 Å². The molecular weight excluding hydrogens is 270 g/mol. The zero-order valence-electron chi connectivity index (χ0n) is 12.0. The number of Topliss-reactive ketones (excluding diaryl/α,β-unsaturated/α-hetero) is 1. The molecule has 2 N–H and O–H groups in total. The second kappa shape index (κ2) is 6.69. The fourth-order valence-electron chi connectivity index (χ4n) is 1.71. The summed E-state index contributed by atoms with van der Waals surface area (Å²) in [6.45, 7) is 3.68. The van der Waals surface area contributed by atoms with E-state index in [1.165, 1.54) is 6.92 Å². The number of benzene rings is 1. The molecule has 0 radical (unpaired) electrons. The van der Waals surface area contributed by atoms with E-state index in [2.05, 4.69) is 15.6 Å². The zero-order chi connectivity index (χ0) is 15.2. The van der Waals surface area contributed by atoms with Gasteiger partial charge in [-0.1, -0.05) is 6.92 Å². The third-order valence-electron chi connectivity index (χ3n) is 2.90. The number of hydrogen-bond acceptors (Lipinski definition) is 4. The zero-order valence-corrected chi connectivity index (χ0v) is 12.0. The van der Waals surface area contributed by atoms with E-state index in [0.717, 1.165) is 12.2 Å². The smallest absolute Gasteiger partial charge is 0.319 e. The van der Waals surface area contributed by atoms with Crippen molar-refractivity contribution in [1.82, 2.24) is 10.3 Å². The van der Waals surface area contributed by atoms with Gasteiger partial charge < -0.3 is 15.1 Å². The Morgan fingerprint density at radius 2 is 1.95 bits per heavy atom. The number of carbonyl (C=O) groups is 2. The van der Waals surface area contributed by atoms with Crippen LogP contribution in [0.2, 0.25) is 0 Å². The van der Waals surface area contributed by atoms with E-state index >= 15 is 0 Å². The first-order valence-electron chi connectivity index (χ1n) is 6.68. The maximum absolute atomic E-state index is 11.7. The highest BCUT2D eigenvalue weighted by Gasteiger charge is 2.06. The first kappa shape index (κ1) is 14.8. The topological polar surface area (TPSA) is 84.2 Å². The summed E-state index contributed by atoms with van der Waals surface area (Å²) in [5.74, 6) is 1.24. The van der Waals surface area contributed by atoms with Crippen molar-refractivity contribution in [3.05, 3.63) is 47.7 Å². The molecule has 0 spiro atoms. The second-order valence-corrected chi connectivity index (χ2v) is 4.52. The van der Waals surface area contributed by atoms with Crippen molar-refractivity contribution in [2.45, 2.75) is 26.8 Å². The standard InChI is InChI=1S/C15H17N3O3/c1-3-13-8-16-14(21-13)9-17-15(20)18-12-6-4-11(5-7-12)10(2)19/h4-8H,3,9H2,1-2H3,(H2,17,18,20). The maximum Gasteiger partial charge on any atom is 0.319 e. The number of nitrogens with one attached hydrogen (secondary N) is 2. The number of oxazole rings is 1. The lowest BCUT2D eigenvalue weighted by Gasteiger charge is -2.06. The van der Waals surface area contributed by atoms with Gasteiger partial charge in [0.25, 0.3) is 0 Å². The minimum Gasteiger partial charge on any atom is -0.444 e. The van der Waals surface area contributed by atoms with Gasteiger partial charge in [-0.05, 0) is 31.2 Å². The van der Waals surface area contributed by atoms with Crippen LogP contribution in [0.15, 0.2) is 34.9 Å². The van der Waals surface area contributed by atoms with E-state index < -0.39 is 0 Å². The molecule has 6 nitrogen and oxygen atoms in total. The van der Waals surface area contributed by atoms with Crippen molar-refractivity contribution in [2.75, 3.05) is 5.32 Å². The molecule has 110 valence electrons. The molecule has 0 aliphatic carbocycles. The van der Waals surface area contributed by atoms with Gasteiger partial charge in [-0.25, -0.2) is 9.78 Å². The van der Waals surface area contributed by atoms with Gasteiger partial charge in [-0.3, -0.25) is 4.79 Å². The number of urea groups is 1. The van der Waals surface area contributed by atoms with Crippen LogP contribution in [0.4, 0.5) is 10.5 Å². The molecule has 2 amide bonds. The van der Waals surface area contributed by atoms with Crippen LogP contribution in [-0.2, 0) is 13.0 Å². The largest absolute Gasteiger partial charge is 0.444 e. The predicted octanol–water partition coefficient (Wildman–Crippen LogP) is 2.76. The van der Waals surface area contributed by atoms with Crippen molar-refractivity contribution in [3.8, 4) is 0 Å². The number of carbonyl (C=O) groups excluding carboxylic acids is 2. The van der Waals surface area contributed by atoms with Crippen molar-refractivity contribution in [1.29, 1.82) is 0 Å². The summed E-state index contributed by atoms with van der Waals surface area (Å²) in [5, 5.41) is 5.32. The van der Waals surface area contributed by atoms with E-state index in [9.17, 15) is 9.59 Å². The fourth-order valence-corrected chi connectivity index (χ4v) is 1.71. The predicted molar refractivity (Wildman–Crippen MR) is 78.2 cm³/mol. The minimum atomic E-state index is -0.359. The first-order valence-corrected chi connectivity index (χ1v) is 6.68. The third kappa shape index (κ3) is 4.17. The number of hydrogen-bond donors (Lipinski definition) is 2. The monoisotopic (exact) mass is 287 g/mol. The summed E-state index contributed by atoms with van der Waals surface area (Å²) in [4.78, 5) is 26.9. The summed E-state index contributed by atoms with van der Waals surface area (Å²) >= 11 is 0. The van der Waals surface area contributed by atoms with Gasteiger partial charge >= 0.3 is 6.03 Å². The van der Waals surface area contributed by atoms with Crippen LogP contribution < -0.4 is 10.6 Å². The number of amides is 2. The number of rotatable bonds is 5. The van der Waals surface area contributed by atoms with E-state index in [0.29, 0.717) is 17.1 Å². The summed E-state index contributed by atoms with van der Waals surface area (Å²) in [6.07, 6.45) is 2.41. The molecule has 0 saturated carbocycles. The van der Waals surface area contributed by atoms with Crippen LogP contribution in [0.25, 0.3) is 0 Å². The lowest BCUT2D eigenvalue weighted by Crippen LogP contribution is -2.28. The Hall–Kier alpha value is -2.63. The molecule has 0 bridgehead atoms. The van der Waals surface area contributed by atoms with Crippen LogP contribution in [0.1, 0.15) is 35.9 Å². The van der Waals surface area contributed by atoms with Gasteiger partial charge in [0.2, 0.25) is 5.89 Å². The molecule has 0 saturated heterocycles. The second-order valence-electron chi connectivity index (χ2n) is 4.52. The molecule has 0 aliphatic rings. The number of aryl methyl sites for hydroxylation is 1. The minimum absolute atomic E-state index is 0.0124. The Balaban J connectivity index is 1.85. The van der Waals surface area contributed by atoms with E-state index in [1.807, 2.05) is 6.92 Å². The van der Waals surface area contributed by atoms with Gasteiger partial charge in [-0.15, -0.1) is 0 Å². The Bertz CT molecular complexity index is 632. The molecule has 0 aliphatic heterocycles. The molecule has 1 aromatic heterocycles. The van der Waals surface area contributed by atoms with Crippen LogP contribution in [0.3, 0.4) is 0 Å². The molecule has 0 atom stereocenters. The molecule has 21 heavy (non-hydrogen) atoms. The number of nitrogens with zero attached hydrogens (tertiary/aromatic N) is 1. The number of ketones is 1. The van der Waals surface area contributed by atoms with E-state index in [4.69, 9.17) is 4.42 Å².